The summed E-state index contributed by atoms with van der Waals surface area (Å²) in [4.78, 5) is 3.04. The molecule has 2 rings (SSSR count). The first-order valence-corrected chi connectivity index (χ1v) is 4.51. The van der Waals surface area contributed by atoms with Gasteiger partial charge in [-0.25, -0.2) is 0 Å². The van der Waals surface area contributed by atoms with Crippen LogP contribution in [0.25, 0.3) is 10.9 Å². The van der Waals surface area contributed by atoms with E-state index < -0.39 is 6.10 Å². The predicted molar refractivity (Wildman–Crippen MR) is 53.9 cm³/mol. The lowest BCUT2D eigenvalue weighted by atomic mass is 10.1. The number of aliphatic hydroxyl groups is 1. The molecule has 13 heavy (non-hydrogen) atoms. The number of H-pyrrole nitrogens is 1. The maximum atomic E-state index is 9.36. The van der Waals surface area contributed by atoms with Crippen molar-refractivity contribution in [3.05, 3.63) is 35.0 Å². The molecule has 2 nitrogen and oxygen atoms in total. The highest BCUT2D eigenvalue weighted by Crippen LogP contribution is 2.25. The number of benzene rings is 1. The van der Waals surface area contributed by atoms with Gasteiger partial charge >= 0.3 is 0 Å². The summed E-state index contributed by atoms with van der Waals surface area (Å²) in [6.45, 7) is 1.74. The number of nitrogens with one attached hydrogen (secondary N) is 1. The van der Waals surface area contributed by atoms with Gasteiger partial charge in [-0.3, -0.25) is 0 Å². The van der Waals surface area contributed by atoms with E-state index in [-0.39, 0.29) is 0 Å². The standard InChI is InChI=1S/C10H10ClNO/c1-6(13)7-2-3-10-8(4-7)9(11)5-12-10/h2-6,12-13H,1H3. The number of hydrogen-bond donors (Lipinski definition) is 2. The van der Waals surface area contributed by atoms with Gasteiger partial charge in [-0.15, -0.1) is 0 Å². The monoisotopic (exact) mass is 195 g/mol. The summed E-state index contributed by atoms with van der Waals surface area (Å²) >= 11 is 5.94. The Balaban J connectivity index is 2.66. The molecule has 0 saturated heterocycles. The summed E-state index contributed by atoms with van der Waals surface area (Å²) in [5.41, 5.74) is 1.88. The fourth-order valence-corrected chi connectivity index (χ4v) is 1.57. The van der Waals surface area contributed by atoms with E-state index >= 15 is 0 Å². The summed E-state index contributed by atoms with van der Waals surface area (Å²) in [7, 11) is 0. The molecule has 0 aliphatic rings. The minimum atomic E-state index is -0.449. The van der Waals surface area contributed by atoms with Gasteiger partial charge in [-0.05, 0) is 24.6 Å². The van der Waals surface area contributed by atoms with Crippen LogP contribution in [0.15, 0.2) is 24.4 Å². The van der Waals surface area contributed by atoms with Crippen molar-refractivity contribution in [3.8, 4) is 0 Å². The first kappa shape index (κ1) is 8.60. The van der Waals surface area contributed by atoms with E-state index in [4.69, 9.17) is 11.6 Å². The second-order valence-electron chi connectivity index (χ2n) is 3.12. The topological polar surface area (TPSA) is 36.0 Å². The summed E-state index contributed by atoms with van der Waals surface area (Å²) in [5.74, 6) is 0. The normalized spacial score (nSPS) is 13.5. The fraction of sp³-hybridized carbons (Fsp3) is 0.200. The van der Waals surface area contributed by atoms with E-state index in [1.807, 2.05) is 18.2 Å². The molecule has 1 aromatic carbocycles. The average molecular weight is 196 g/mol. The van der Waals surface area contributed by atoms with Crippen molar-refractivity contribution < 1.29 is 5.11 Å². The zero-order chi connectivity index (χ0) is 9.42. The van der Waals surface area contributed by atoms with E-state index in [9.17, 15) is 5.11 Å². The average Bonchev–Trinajstić information content (AvgIpc) is 2.47. The SMILES string of the molecule is CC(O)c1ccc2[nH]cc(Cl)c2c1. The van der Waals surface area contributed by atoms with Gasteiger partial charge in [0.05, 0.1) is 11.1 Å². The first-order chi connectivity index (χ1) is 6.18. The van der Waals surface area contributed by atoms with E-state index in [0.29, 0.717) is 5.02 Å². The maximum Gasteiger partial charge on any atom is 0.0762 e. The Morgan fingerprint density at radius 3 is 2.92 bits per heavy atom. The molecule has 1 heterocycles. The Morgan fingerprint density at radius 2 is 2.23 bits per heavy atom. The minimum Gasteiger partial charge on any atom is -0.389 e. The molecule has 2 aromatic rings. The maximum absolute atomic E-state index is 9.36. The van der Waals surface area contributed by atoms with Gasteiger partial charge < -0.3 is 10.1 Å². The first-order valence-electron chi connectivity index (χ1n) is 4.13. The van der Waals surface area contributed by atoms with Gasteiger partial charge in [-0.2, -0.15) is 0 Å². The Hall–Kier alpha value is -0.990. The van der Waals surface area contributed by atoms with Gasteiger partial charge in [0, 0.05) is 17.1 Å². The molecule has 1 aromatic heterocycles. The number of hydrogen-bond acceptors (Lipinski definition) is 1. The largest absolute Gasteiger partial charge is 0.389 e. The van der Waals surface area contributed by atoms with Gasteiger partial charge in [0.2, 0.25) is 0 Å². The molecule has 0 radical (unpaired) electrons. The van der Waals surface area contributed by atoms with Crippen LogP contribution < -0.4 is 0 Å². The summed E-state index contributed by atoms with van der Waals surface area (Å²) in [6.07, 6.45) is 1.30. The van der Waals surface area contributed by atoms with Crippen LogP contribution in [0.5, 0.6) is 0 Å². The molecule has 2 N–H and O–H groups in total. The second kappa shape index (κ2) is 3.05. The molecule has 0 fully saturated rings. The Kier molecular flexibility index (Phi) is 2.02. The van der Waals surface area contributed by atoms with Crippen LogP contribution in [0.3, 0.4) is 0 Å². The molecule has 0 aliphatic heterocycles. The van der Waals surface area contributed by atoms with Crippen molar-refractivity contribution in [1.29, 1.82) is 0 Å². The molecule has 3 heteroatoms. The van der Waals surface area contributed by atoms with Crippen molar-refractivity contribution in [3.63, 3.8) is 0 Å². The van der Waals surface area contributed by atoms with Crippen molar-refractivity contribution in [2.75, 3.05) is 0 Å². The molecule has 1 unspecified atom stereocenters. The zero-order valence-corrected chi connectivity index (χ0v) is 7.97. The van der Waals surface area contributed by atoms with E-state index in [2.05, 4.69) is 4.98 Å². The Morgan fingerprint density at radius 1 is 1.46 bits per heavy atom. The van der Waals surface area contributed by atoms with Crippen molar-refractivity contribution in [2.45, 2.75) is 13.0 Å². The third-order valence-electron chi connectivity index (χ3n) is 2.14. The van der Waals surface area contributed by atoms with Gasteiger partial charge in [0.25, 0.3) is 0 Å². The van der Waals surface area contributed by atoms with Gasteiger partial charge in [-0.1, -0.05) is 17.7 Å². The quantitative estimate of drug-likeness (QED) is 0.721. The van der Waals surface area contributed by atoms with Crippen molar-refractivity contribution >= 4 is 22.5 Å². The minimum absolute atomic E-state index is 0.449. The number of halogens is 1. The van der Waals surface area contributed by atoms with E-state index in [0.717, 1.165) is 16.5 Å². The fourth-order valence-electron chi connectivity index (χ4n) is 1.36. The lowest BCUT2D eigenvalue weighted by molar-refractivity contribution is 0.199. The molecule has 0 bridgehead atoms. The molecule has 0 aliphatic carbocycles. The highest BCUT2D eigenvalue weighted by atomic mass is 35.5. The van der Waals surface area contributed by atoms with Crippen LogP contribution >= 0.6 is 11.6 Å². The molecule has 0 saturated carbocycles. The van der Waals surface area contributed by atoms with E-state index in [1.54, 1.807) is 13.1 Å². The molecular formula is C10H10ClNO. The van der Waals surface area contributed by atoms with Crippen LogP contribution in [0.1, 0.15) is 18.6 Å². The van der Waals surface area contributed by atoms with E-state index in [1.165, 1.54) is 0 Å². The van der Waals surface area contributed by atoms with Crippen LogP contribution in [0.4, 0.5) is 0 Å². The highest BCUT2D eigenvalue weighted by molar-refractivity contribution is 6.35. The molecule has 0 spiro atoms. The van der Waals surface area contributed by atoms with Crippen molar-refractivity contribution in [1.82, 2.24) is 4.98 Å². The number of aromatic amines is 1. The van der Waals surface area contributed by atoms with Gasteiger partial charge in [0.1, 0.15) is 0 Å². The lowest BCUT2D eigenvalue weighted by Gasteiger charge is -2.03. The third kappa shape index (κ3) is 1.43. The van der Waals surface area contributed by atoms with Crippen molar-refractivity contribution in [2.24, 2.45) is 0 Å². The van der Waals surface area contributed by atoms with Crippen LogP contribution in [0, 0.1) is 0 Å². The third-order valence-corrected chi connectivity index (χ3v) is 2.45. The van der Waals surface area contributed by atoms with Crippen LogP contribution in [-0.4, -0.2) is 10.1 Å². The number of aromatic nitrogens is 1. The number of aliphatic hydroxyl groups excluding tert-OH is 1. The highest BCUT2D eigenvalue weighted by Gasteiger charge is 2.05. The second-order valence-corrected chi connectivity index (χ2v) is 3.52. The molecule has 68 valence electrons. The summed E-state index contributed by atoms with van der Waals surface area (Å²) in [6, 6.07) is 5.71. The summed E-state index contributed by atoms with van der Waals surface area (Å²) in [5, 5.41) is 11.0. The molecule has 1 atom stereocenters. The Bertz CT molecular complexity index is 433. The number of rotatable bonds is 1. The smallest absolute Gasteiger partial charge is 0.0762 e. The summed E-state index contributed by atoms with van der Waals surface area (Å²) < 4.78 is 0. The van der Waals surface area contributed by atoms with Gasteiger partial charge in [0.15, 0.2) is 0 Å². The zero-order valence-electron chi connectivity index (χ0n) is 7.21. The molecular weight excluding hydrogens is 186 g/mol. The van der Waals surface area contributed by atoms with Crippen LogP contribution in [0.2, 0.25) is 5.02 Å². The predicted octanol–water partition coefficient (Wildman–Crippen LogP) is 2.87. The lowest BCUT2D eigenvalue weighted by Crippen LogP contribution is -1.89. The molecule has 0 amide bonds. The Labute approximate surface area is 81.1 Å². The number of fused-ring (bicyclic) bond motifs is 1. The van der Waals surface area contributed by atoms with Crippen LogP contribution in [-0.2, 0) is 0 Å².